The molecule has 0 aromatic heterocycles. The van der Waals surface area contributed by atoms with E-state index in [1.54, 1.807) is 6.92 Å². The van der Waals surface area contributed by atoms with Gasteiger partial charge in [0.25, 0.3) is 0 Å². The zero-order chi connectivity index (χ0) is 36.4. The molecule has 1 rings (SSSR count). The largest absolute Gasteiger partial charge is 0.510 e. The lowest BCUT2D eigenvalue weighted by Gasteiger charge is -2.38. The van der Waals surface area contributed by atoms with Crippen LogP contribution in [0.25, 0.3) is 0 Å². The van der Waals surface area contributed by atoms with E-state index < -0.39 is 53.6 Å². The average Bonchev–Trinajstić information content (AvgIpc) is 2.87. The second-order valence-electron chi connectivity index (χ2n) is 14.5. The Bertz CT molecular complexity index is 958. The number of alkyl halides is 6. The molecule has 1 aliphatic rings. The van der Waals surface area contributed by atoms with Crippen LogP contribution in [0.15, 0.2) is 0 Å². The summed E-state index contributed by atoms with van der Waals surface area (Å²) in [6.45, 7) is 17.2. The van der Waals surface area contributed by atoms with Crippen molar-refractivity contribution in [3.8, 4) is 0 Å². The lowest BCUT2D eigenvalue weighted by molar-refractivity contribution is -0.374. The summed E-state index contributed by atoms with van der Waals surface area (Å²) in [4.78, 5) is 35.9. The molecule has 0 amide bonds. The van der Waals surface area contributed by atoms with E-state index in [2.05, 4.69) is 23.3 Å². The van der Waals surface area contributed by atoms with Crippen molar-refractivity contribution < 1.29 is 59.7 Å². The van der Waals surface area contributed by atoms with E-state index in [0.29, 0.717) is 0 Å². The highest BCUT2D eigenvalue weighted by Crippen LogP contribution is 2.49. The van der Waals surface area contributed by atoms with Crippen molar-refractivity contribution in [1.29, 1.82) is 0 Å². The Morgan fingerprint density at radius 2 is 1.09 bits per heavy atom. The Labute approximate surface area is 270 Å². The van der Waals surface area contributed by atoms with Crippen molar-refractivity contribution in [2.24, 2.45) is 10.8 Å². The molecule has 0 aromatic rings. The fourth-order valence-corrected chi connectivity index (χ4v) is 4.45. The van der Waals surface area contributed by atoms with E-state index in [0.717, 1.165) is 32.6 Å². The van der Waals surface area contributed by atoms with Gasteiger partial charge in [-0.05, 0) is 100 Å². The van der Waals surface area contributed by atoms with Crippen LogP contribution in [0.1, 0.15) is 147 Å². The van der Waals surface area contributed by atoms with Gasteiger partial charge in [-0.3, -0.25) is 9.59 Å². The van der Waals surface area contributed by atoms with Gasteiger partial charge in [0.2, 0.25) is 0 Å². The molecule has 1 unspecified atom stereocenters. The van der Waals surface area contributed by atoms with Crippen LogP contribution in [0, 0.1) is 10.8 Å². The summed E-state index contributed by atoms with van der Waals surface area (Å²) in [6.07, 6.45) is -7.48. The molecule has 0 radical (unpaired) electrons. The van der Waals surface area contributed by atoms with Gasteiger partial charge in [-0.1, -0.05) is 40.0 Å². The minimum Gasteiger partial charge on any atom is -0.462 e. The lowest BCUT2D eigenvalue weighted by Crippen LogP contribution is -2.61. The topological polar surface area (TPSA) is 88.1 Å². The molecule has 272 valence electrons. The third-order valence-corrected chi connectivity index (χ3v) is 8.54. The van der Waals surface area contributed by atoms with Crippen LogP contribution in [0.5, 0.6) is 0 Å². The summed E-state index contributed by atoms with van der Waals surface area (Å²) in [5.41, 5.74) is -7.92. The molecule has 13 heteroatoms. The molecule has 0 bridgehead atoms. The summed E-state index contributed by atoms with van der Waals surface area (Å²) >= 11 is 0. The Kier molecular flexibility index (Phi) is 15.9. The smallest absolute Gasteiger partial charge is 0.462 e. The van der Waals surface area contributed by atoms with Crippen LogP contribution in [-0.2, 0) is 28.5 Å². The Morgan fingerprint density at radius 1 is 0.674 bits per heavy atom. The molecule has 1 fully saturated rings. The van der Waals surface area contributed by atoms with Crippen molar-refractivity contribution in [3.05, 3.63) is 0 Å². The average molecular weight is 679 g/mol. The molecule has 0 spiro atoms. The first-order valence-corrected chi connectivity index (χ1v) is 16.1. The van der Waals surface area contributed by atoms with Crippen LogP contribution < -0.4 is 0 Å². The third kappa shape index (κ3) is 13.1. The van der Waals surface area contributed by atoms with Crippen molar-refractivity contribution in [2.75, 3.05) is 0 Å². The molecule has 1 aliphatic carbocycles. The van der Waals surface area contributed by atoms with Crippen LogP contribution in [0.3, 0.4) is 0 Å². The van der Waals surface area contributed by atoms with Gasteiger partial charge >= 0.3 is 36.0 Å². The highest BCUT2D eigenvalue weighted by molar-refractivity contribution is 5.76. The van der Waals surface area contributed by atoms with Gasteiger partial charge in [0.1, 0.15) is 17.3 Å². The minimum absolute atomic E-state index is 0.00702. The minimum atomic E-state index is -6.04. The maximum atomic E-state index is 13.5. The maximum absolute atomic E-state index is 13.5. The predicted molar refractivity (Wildman–Crippen MR) is 162 cm³/mol. The fourth-order valence-electron chi connectivity index (χ4n) is 4.45. The van der Waals surface area contributed by atoms with Crippen LogP contribution in [0.4, 0.5) is 31.1 Å². The number of esters is 2. The maximum Gasteiger partial charge on any atom is 0.510 e. The molecular weight excluding hydrogens is 622 g/mol. The first-order valence-electron chi connectivity index (χ1n) is 16.1. The van der Waals surface area contributed by atoms with E-state index in [1.165, 1.54) is 66.7 Å². The predicted octanol–water partition coefficient (Wildman–Crippen LogP) is 10.4. The van der Waals surface area contributed by atoms with Gasteiger partial charge in [-0.25, -0.2) is 4.79 Å². The van der Waals surface area contributed by atoms with Gasteiger partial charge in [0.05, 0.1) is 10.8 Å². The van der Waals surface area contributed by atoms with Crippen molar-refractivity contribution in [1.82, 2.24) is 0 Å². The Balaban J connectivity index is 0.000000964. The molecule has 7 nitrogen and oxygen atoms in total. The van der Waals surface area contributed by atoms with Gasteiger partial charge < -0.3 is 18.9 Å². The van der Waals surface area contributed by atoms with Crippen LogP contribution in [-0.4, -0.2) is 53.4 Å². The lowest BCUT2D eigenvalue weighted by atomic mass is 9.83. The molecule has 1 atom stereocenters. The van der Waals surface area contributed by atoms with Crippen molar-refractivity contribution >= 4 is 18.1 Å². The Hall–Kier alpha value is -2.21. The quantitative estimate of drug-likeness (QED) is 0.129. The second kappa shape index (κ2) is 16.8. The normalized spacial score (nSPS) is 17.3. The van der Waals surface area contributed by atoms with Gasteiger partial charge in [0.15, 0.2) is 0 Å². The number of hydrogen-bond donors (Lipinski definition) is 0. The summed E-state index contributed by atoms with van der Waals surface area (Å²) < 4.78 is 99.8. The molecule has 1 saturated carbocycles. The molecule has 0 saturated heterocycles. The highest BCUT2D eigenvalue weighted by atomic mass is 19.4. The first kappa shape index (κ1) is 43.8. The van der Waals surface area contributed by atoms with E-state index in [-0.39, 0.29) is 23.4 Å². The molecule has 46 heavy (non-hydrogen) atoms. The summed E-state index contributed by atoms with van der Waals surface area (Å²) in [6, 6.07) is 0. The summed E-state index contributed by atoms with van der Waals surface area (Å²) in [7, 11) is 0. The van der Waals surface area contributed by atoms with E-state index in [9.17, 15) is 40.7 Å². The summed E-state index contributed by atoms with van der Waals surface area (Å²) in [5, 5.41) is 0. The van der Waals surface area contributed by atoms with Crippen LogP contribution >= 0.6 is 0 Å². The highest BCUT2D eigenvalue weighted by Gasteiger charge is 2.75. The van der Waals surface area contributed by atoms with Gasteiger partial charge in [-0.2, -0.15) is 26.3 Å². The first-order chi connectivity index (χ1) is 20.6. The van der Waals surface area contributed by atoms with Crippen molar-refractivity contribution in [2.45, 2.75) is 182 Å². The fraction of sp³-hybridized carbons (Fsp3) is 0.909. The van der Waals surface area contributed by atoms with Crippen molar-refractivity contribution in [3.63, 3.8) is 0 Å². The second-order valence-corrected chi connectivity index (χ2v) is 14.5. The number of halogens is 6. The molecular formula is C33H56F6O7. The molecule has 0 heterocycles. The van der Waals surface area contributed by atoms with E-state index in [4.69, 9.17) is 9.47 Å². The van der Waals surface area contributed by atoms with Gasteiger partial charge in [-0.15, -0.1) is 0 Å². The Morgan fingerprint density at radius 3 is 1.46 bits per heavy atom. The SMILES string of the molecule is CCC(C)(C)C(=O)OC(C)CC(OC(=O)OC(C)(C)C)(C(F)(F)F)C(F)(F)F.CCC1(OC(=O)C(C)(C)CC)CCCCCCC1. The molecule has 0 aromatic carbocycles. The molecule has 0 N–H and O–H groups in total. The van der Waals surface area contributed by atoms with E-state index >= 15 is 0 Å². The van der Waals surface area contributed by atoms with Gasteiger partial charge in [0, 0.05) is 6.42 Å². The molecule has 0 aliphatic heterocycles. The summed E-state index contributed by atoms with van der Waals surface area (Å²) in [5.74, 6) is -0.981. The number of carbonyl (C=O) groups is 3. The number of rotatable bonds is 10. The number of hydrogen-bond acceptors (Lipinski definition) is 7. The third-order valence-electron chi connectivity index (χ3n) is 8.54. The van der Waals surface area contributed by atoms with Crippen LogP contribution in [0.2, 0.25) is 0 Å². The van der Waals surface area contributed by atoms with E-state index in [1.807, 2.05) is 13.8 Å². The monoisotopic (exact) mass is 678 g/mol. The number of ether oxygens (including phenoxy) is 4. The zero-order valence-corrected chi connectivity index (χ0v) is 29.5. The standard InChI is InChI=1S/C17H26F6O5.C16H30O2/c1-8-14(6,7)11(24)26-10(2)9-15(16(18,19)20,17(21,22)23)28-12(25)27-13(3,4)5;1-5-15(3,4)14(17)18-16(6-2)12-10-8-7-9-11-13-16/h10H,8-9H2,1-7H3;5-13H2,1-4H3. The zero-order valence-electron chi connectivity index (χ0n) is 29.5. The number of carbonyl (C=O) groups excluding carboxylic acids is 3.